The maximum absolute atomic E-state index is 5.94. The normalized spacial score (nSPS) is 12.7. The van der Waals surface area contributed by atoms with E-state index in [2.05, 4.69) is 16.0 Å². The molecule has 4 rings (SSSR count). The summed E-state index contributed by atoms with van der Waals surface area (Å²) < 4.78 is 11.6. The topological polar surface area (TPSA) is 47.5 Å². The van der Waals surface area contributed by atoms with E-state index in [0.717, 1.165) is 34.1 Å². The van der Waals surface area contributed by atoms with Crippen molar-refractivity contribution in [2.24, 2.45) is 0 Å². The third kappa shape index (κ3) is 2.34. The zero-order valence-corrected chi connectivity index (χ0v) is 13.6. The highest BCUT2D eigenvalue weighted by Crippen LogP contribution is 2.45. The number of ether oxygens (including phenoxy) is 2. The summed E-state index contributed by atoms with van der Waals surface area (Å²) in [7, 11) is 1.67. The Balaban J connectivity index is 2.00. The highest BCUT2D eigenvalue weighted by atomic mass is 16.5. The van der Waals surface area contributed by atoms with Gasteiger partial charge in [-0.1, -0.05) is 12.1 Å². The smallest absolute Gasteiger partial charge is 0.181 e. The first kappa shape index (κ1) is 14.5. The molecule has 1 aliphatic rings. The van der Waals surface area contributed by atoms with Crippen molar-refractivity contribution in [2.75, 3.05) is 12.0 Å². The van der Waals surface area contributed by atoms with Crippen LogP contribution in [0.4, 0.5) is 17.3 Å². The summed E-state index contributed by atoms with van der Waals surface area (Å²) in [6.45, 7) is 2.49. The van der Waals surface area contributed by atoms with Crippen LogP contribution in [0.3, 0.4) is 0 Å². The van der Waals surface area contributed by atoms with Crippen LogP contribution in [-0.2, 0) is 6.61 Å². The highest BCUT2D eigenvalue weighted by Gasteiger charge is 2.27. The number of aromatic nitrogens is 2. The molecule has 0 aliphatic carbocycles. The van der Waals surface area contributed by atoms with Gasteiger partial charge in [0.2, 0.25) is 0 Å². The van der Waals surface area contributed by atoms with E-state index in [1.165, 1.54) is 0 Å². The number of hydrogen-bond acceptors (Lipinski definition) is 5. The molecule has 0 amide bonds. The lowest BCUT2D eigenvalue weighted by molar-refractivity contribution is 0.309. The number of rotatable bonds is 2. The molecule has 5 heteroatoms. The highest BCUT2D eigenvalue weighted by molar-refractivity contribution is 5.81. The van der Waals surface area contributed by atoms with Gasteiger partial charge in [-0.25, -0.2) is 9.97 Å². The van der Waals surface area contributed by atoms with Crippen molar-refractivity contribution in [3.05, 3.63) is 66.0 Å². The fourth-order valence-electron chi connectivity index (χ4n) is 2.86. The average Bonchev–Trinajstić information content (AvgIpc) is 2.79. The second-order valence-electron chi connectivity index (χ2n) is 5.61. The van der Waals surface area contributed by atoms with Crippen LogP contribution >= 0.6 is 0 Å². The predicted molar refractivity (Wildman–Crippen MR) is 92.3 cm³/mol. The van der Waals surface area contributed by atoms with Crippen LogP contribution in [0.25, 0.3) is 0 Å². The molecule has 2 aromatic heterocycles. The number of pyridine rings is 2. The minimum absolute atomic E-state index is 0.451. The summed E-state index contributed by atoms with van der Waals surface area (Å²) in [5.74, 6) is 3.00. The fraction of sp³-hybridized carbons (Fsp3) is 0.158. The molecule has 0 bridgehead atoms. The summed E-state index contributed by atoms with van der Waals surface area (Å²) in [6, 6.07) is 13.8. The lowest BCUT2D eigenvalue weighted by Gasteiger charge is -2.25. The van der Waals surface area contributed by atoms with Gasteiger partial charge < -0.3 is 9.47 Å². The van der Waals surface area contributed by atoms with Crippen LogP contribution in [-0.4, -0.2) is 17.1 Å². The molecular weight excluding hydrogens is 302 g/mol. The maximum Gasteiger partial charge on any atom is 0.181 e. The van der Waals surface area contributed by atoms with Crippen molar-refractivity contribution >= 4 is 17.3 Å². The van der Waals surface area contributed by atoms with Crippen LogP contribution in [0.2, 0.25) is 0 Å². The van der Waals surface area contributed by atoms with Gasteiger partial charge in [0.1, 0.15) is 18.2 Å². The summed E-state index contributed by atoms with van der Waals surface area (Å²) in [4.78, 5) is 11.1. The largest absolute Gasteiger partial charge is 0.495 e. The lowest BCUT2D eigenvalue weighted by atomic mass is 10.1. The Morgan fingerprint density at radius 2 is 1.83 bits per heavy atom. The van der Waals surface area contributed by atoms with Gasteiger partial charge >= 0.3 is 0 Å². The third-order valence-corrected chi connectivity index (χ3v) is 4.00. The molecule has 5 nitrogen and oxygen atoms in total. The van der Waals surface area contributed by atoms with Gasteiger partial charge in [-0.3, -0.25) is 4.90 Å². The SMILES string of the molecule is COc1cc(C)ccc1N1c2ncccc2COc2cccnc21. The number of anilines is 3. The molecule has 120 valence electrons. The van der Waals surface area contributed by atoms with Crippen LogP contribution < -0.4 is 14.4 Å². The van der Waals surface area contributed by atoms with E-state index in [0.29, 0.717) is 12.4 Å². The quantitative estimate of drug-likeness (QED) is 0.710. The number of nitrogens with zero attached hydrogens (tertiary/aromatic N) is 3. The van der Waals surface area contributed by atoms with E-state index in [-0.39, 0.29) is 0 Å². The van der Waals surface area contributed by atoms with Crippen molar-refractivity contribution in [1.82, 2.24) is 9.97 Å². The minimum Gasteiger partial charge on any atom is -0.495 e. The summed E-state index contributed by atoms with van der Waals surface area (Å²) >= 11 is 0. The van der Waals surface area contributed by atoms with E-state index in [4.69, 9.17) is 9.47 Å². The zero-order chi connectivity index (χ0) is 16.5. The van der Waals surface area contributed by atoms with E-state index in [1.807, 2.05) is 48.2 Å². The summed E-state index contributed by atoms with van der Waals surface area (Å²) in [5.41, 5.74) is 3.01. The Bertz CT molecular complexity index is 848. The number of aryl methyl sites for hydroxylation is 1. The number of methoxy groups -OCH3 is 1. The first-order chi connectivity index (χ1) is 11.8. The molecule has 0 radical (unpaired) electrons. The van der Waals surface area contributed by atoms with Crippen LogP contribution in [0.5, 0.6) is 11.5 Å². The van der Waals surface area contributed by atoms with E-state index in [9.17, 15) is 0 Å². The summed E-state index contributed by atoms with van der Waals surface area (Å²) in [5, 5.41) is 0. The monoisotopic (exact) mass is 319 g/mol. The molecule has 3 heterocycles. The Kier molecular flexibility index (Phi) is 3.54. The fourth-order valence-corrected chi connectivity index (χ4v) is 2.86. The third-order valence-electron chi connectivity index (χ3n) is 4.00. The molecule has 0 saturated carbocycles. The van der Waals surface area contributed by atoms with Crippen LogP contribution in [0.15, 0.2) is 54.9 Å². The van der Waals surface area contributed by atoms with Crippen molar-refractivity contribution in [3.63, 3.8) is 0 Å². The van der Waals surface area contributed by atoms with Gasteiger partial charge in [0.25, 0.3) is 0 Å². The van der Waals surface area contributed by atoms with Gasteiger partial charge in [-0.15, -0.1) is 0 Å². The Labute approximate surface area is 140 Å². The molecule has 0 N–H and O–H groups in total. The van der Waals surface area contributed by atoms with Crippen molar-refractivity contribution in [2.45, 2.75) is 13.5 Å². The van der Waals surface area contributed by atoms with Crippen molar-refractivity contribution in [3.8, 4) is 11.5 Å². The van der Waals surface area contributed by atoms with Crippen molar-refractivity contribution in [1.29, 1.82) is 0 Å². The second kappa shape index (κ2) is 5.85. The number of hydrogen-bond donors (Lipinski definition) is 0. The average molecular weight is 319 g/mol. The molecule has 3 aromatic rings. The molecule has 1 aromatic carbocycles. The first-order valence-electron chi connectivity index (χ1n) is 7.74. The molecule has 24 heavy (non-hydrogen) atoms. The Hall–Kier alpha value is -3.08. The molecule has 0 atom stereocenters. The molecule has 0 unspecified atom stereocenters. The number of fused-ring (bicyclic) bond motifs is 2. The van der Waals surface area contributed by atoms with Gasteiger partial charge in [0.15, 0.2) is 11.6 Å². The Morgan fingerprint density at radius 3 is 2.67 bits per heavy atom. The lowest BCUT2D eigenvalue weighted by Crippen LogP contribution is -2.14. The standard InChI is InChI=1S/C19H17N3O2/c1-13-7-8-15(17(11-13)23-2)22-18-14(5-3-9-20-18)12-24-16-6-4-10-21-19(16)22/h3-11H,12H2,1-2H3. The molecule has 0 spiro atoms. The zero-order valence-electron chi connectivity index (χ0n) is 13.6. The molecule has 0 saturated heterocycles. The van der Waals surface area contributed by atoms with Crippen molar-refractivity contribution < 1.29 is 9.47 Å². The molecular formula is C19H17N3O2. The summed E-state index contributed by atoms with van der Waals surface area (Å²) in [6.07, 6.45) is 3.53. The van der Waals surface area contributed by atoms with Gasteiger partial charge in [0.05, 0.1) is 12.8 Å². The molecule has 1 aliphatic heterocycles. The van der Waals surface area contributed by atoms with E-state index >= 15 is 0 Å². The first-order valence-corrected chi connectivity index (χ1v) is 7.74. The Morgan fingerprint density at radius 1 is 1.04 bits per heavy atom. The van der Waals surface area contributed by atoms with Gasteiger partial charge in [0, 0.05) is 18.0 Å². The number of benzene rings is 1. The van der Waals surface area contributed by atoms with E-state index in [1.54, 1.807) is 19.5 Å². The van der Waals surface area contributed by atoms with E-state index < -0.39 is 0 Å². The maximum atomic E-state index is 5.94. The molecule has 0 fully saturated rings. The van der Waals surface area contributed by atoms with Crippen LogP contribution in [0.1, 0.15) is 11.1 Å². The van der Waals surface area contributed by atoms with Crippen LogP contribution in [0, 0.1) is 6.92 Å². The second-order valence-corrected chi connectivity index (χ2v) is 5.61. The van der Waals surface area contributed by atoms with Gasteiger partial charge in [-0.2, -0.15) is 0 Å². The predicted octanol–water partition coefficient (Wildman–Crippen LogP) is 4.16. The minimum atomic E-state index is 0.451. The van der Waals surface area contributed by atoms with Gasteiger partial charge in [-0.05, 0) is 42.8 Å².